The molecule has 5 heteroatoms. The Balaban J connectivity index is 2.04. The van der Waals surface area contributed by atoms with Gasteiger partial charge >= 0.3 is 0 Å². The van der Waals surface area contributed by atoms with Crippen LogP contribution in [0.4, 0.5) is 17.1 Å². The zero-order valence-electron chi connectivity index (χ0n) is 11.4. The maximum Gasteiger partial charge on any atom is 0.258 e. The fraction of sp³-hybridized carbons (Fsp3) is 0.0625. The highest BCUT2D eigenvalue weighted by molar-refractivity contribution is 6.34. The van der Waals surface area contributed by atoms with Crippen LogP contribution < -0.4 is 16.4 Å². The van der Waals surface area contributed by atoms with Crippen LogP contribution in [0.1, 0.15) is 12.5 Å². The zero-order chi connectivity index (χ0) is 15.0. The molecule has 4 N–H and O–H groups in total. The Labute approximate surface area is 127 Å². The van der Waals surface area contributed by atoms with Crippen molar-refractivity contribution in [2.75, 3.05) is 16.4 Å². The van der Waals surface area contributed by atoms with Crippen LogP contribution in [0.5, 0.6) is 0 Å². The van der Waals surface area contributed by atoms with Gasteiger partial charge in [0.25, 0.3) is 5.91 Å². The summed E-state index contributed by atoms with van der Waals surface area (Å²) in [6.45, 7) is 1.84. The van der Waals surface area contributed by atoms with Gasteiger partial charge in [-0.05, 0) is 37.3 Å². The quantitative estimate of drug-likeness (QED) is 0.585. The van der Waals surface area contributed by atoms with Crippen LogP contribution in [-0.4, -0.2) is 5.91 Å². The van der Waals surface area contributed by atoms with Crippen molar-refractivity contribution in [3.05, 3.63) is 58.7 Å². The van der Waals surface area contributed by atoms with Crippen molar-refractivity contribution >= 4 is 40.1 Å². The van der Waals surface area contributed by atoms with Crippen LogP contribution in [0.15, 0.2) is 48.2 Å². The Kier molecular flexibility index (Phi) is 3.31. The molecular weight excluding hydrogens is 286 g/mol. The fourth-order valence-electron chi connectivity index (χ4n) is 2.38. The van der Waals surface area contributed by atoms with Gasteiger partial charge in [-0.2, -0.15) is 0 Å². The molecule has 0 saturated heterocycles. The smallest absolute Gasteiger partial charge is 0.258 e. The first kappa shape index (κ1) is 13.5. The second-order valence-corrected chi connectivity index (χ2v) is 5.27. The van der Waals surface area contributed by atoms with Crippen LogP contribution in [0, 0.1) is 0 Å². The van der Waals surface area contributed by atoms with Crippen molar-refractivity contribution in [2.45, 2.75) is 6.92 Å². The molecule has 0 radical (unpaired) electrons. The van der Waals surface area contributed by atoms with Gasteiger partial charge in [-0.3, -0.25) is 4.79 Å². The number of para-hydroxylation sites is 1. The minimum atomic E-state index is -0.146. The molecule has 1 aliphatic heterocycles. The molecule has 0 aromatic heterocycles. The lowest BCUT2D eigenvalue weighted by molar-refractivity contribution is -0.110. The molecule has 0 fully saturated rings. The third-order valence-corrected chi connectivity index (χ3v) is 3.69. The predicted octanol–water partition coefficient (Wildman–Crippen LogP) is 3.72. The molecular formula is C16H14ClN3O. The average Bonchev–Trinajstić information content (AvgIpc) is 2.76. The summed E-state index contributed by atoms with van der Waals surface area (Å²) in [6, 6.07) is 12.8. The van der Waals surface area contributed by atoms with Gasteiger partial charge in [-0.1, -0.05) is 23.7 Å². The Bertz CT molecular complexity index is 768. The van der Waals surface area contributed by atoms with Gasteiger partial charge in [0.2, 0.25) is 0 Å². The highest BCUT2D eigenvalue weighted by atomic mass is 35.5. The number of carbonyl (C=O) groups is 1. The predicted molar refractivity (Wildman–Crippen MR) is 87.2 cm³/mol. The lowest BCUT2D eigenvalue weighted by atomic mass is 10.0. The fourth-order valence-corrected chi connectivity index (χ4v) is 2.57. The van der Waals surface area contributed by atoms with Crippen molar-refractivity contribution in [1.29, 1.82) is 0 Å². The zero-order valence-corrected chi connectivity index (χ0v) is 12.2. The van der Waals surface area contributed by atoms with Crippen LogP contribution in [0.3, 0.4) is 0 Å². The normalized spacial score (nSPS) is 15.4. The Morgan fingerprint density at radius 1 is 1.24 bits per heavy atom. The van der Waals surface area contributed by atoms with Crippen LogP contribution in [-0.2, 0) is 4.79 Å². The first-order valence-electron chi connectivity index (χ1n) is 6.50. The second-order valence-electron chi connectivity index (χ2n) is 4.86. The van der Waals surface area contributed by atoms with Crippen molar-refractivity contribution < 1.29 is 4.79 Å². The van der Waals surface area contributed by atoms with E-state index in [1.165, 1.54) is 0 Å². The van der Waals surface area contributed by atoms with Crippen molar-refractivity contribution in [1.82, 2.24) is 0 Å². The minimum Gasteiger partial charge on any atom is -0.399 e. The molecule has 0 spiro atoms. The first-order valence-corrected chi connectivity index (χ1v) is 6.88. The average molecular weight is 300 g/mol. The van der Waals surface area contributed by atoms with Crippen molar-refractivity contribution in [3.8, 4) is 0 Å². The van der Waals surface area contributed by atoms with E-state index in [-0.39, 0.29) is 5.91 Å². The molecule has 21 heavy (non-hydrogen) atoms. The second kappa shape index (κ2) is 5.14. The van der Waals surface area contributed by atoms with E-state index in [0.717, 1.165) is 22.6 Å². The third-order valence-electron chi connectivity index (χ3n) is 3.36. The summed E-state index contributed by atoms with van der Waals surface area (Å²) in [5.41, 5.74) is 10.1. The standard InChI is InChI=1S/C16H14ClN3O/c1-9(19-14-5-3-2-4-12(14)17)15-11-8-10(18)6-7-13(11)20-16(15)21/h2-8,19H,18H2,1H3,(H,20,21). The van der Waals surface area contributed by atoms with Crippen LogP contribution >= 0.6 is 11.6 Å². The minimum absolute atomic E-state index is 0.146. The molecule has 1 aliphatic rings. The maximum absolute atomic E-state index is 12.2. The first-order chi connectivity index (χ1) is 10.1. The van der Waals surface area contributed by atoms with Gasteiger partial charge in [-0.15, -0.1) is 0 Å². The van der Waals surface area contributed by atoms with Gasteiger partial charge < -0.3 is 16.4 Å². The number of rotatable bonds is 2. The monoisotopic (exact) mass is 299 g/mol. The van der Waals surface area contributed by atoms with E-state index in [4.69, 9.17) is 17.3 Å². The Morgan fingerprint density at radius 2 is 2.00 bits per heavy atom. The molecule has 2 aromatic rings. The van der Waals surface area contributed by atoms with Crippen LogP contribution in [0.2, 0.25) is 5.02 Å². The van der Waals surface area contributed by atoms with E-state index in [9.17, 15) is 4.79 Å². The molecule has 0 bridgehead atoms. The number of anilines is 3. The number of amides is 1. The summed E-state index contributed by atoms with van der Waals surface area (Å²) in [7, 11) is 0. The molecule has 0 saturated carbocycles. The molecule has 1 heterocycles. The SMILES string of the molecule is CC(Nc1ccccc1Cl)=C1C(=O)Nc2ccc(N)cc21. The number of carbonyl (C=O) groups excluding carboxylic acids is 1. The number of allylic oxidation sites excluding steroid dienone is 1. The number of hydrogen-bond acceptors (Lipinski definition) is 3. The summed E-state index contributed by atoms with van der Waals surface area (Å²) in [5.74, 6) is -0.146. The van der Waals surface area contributed by atoms with Gasteiger partial charge in [0, 0.05) is 22.6 Å². The molecule has 2 aromatic carbocycles. The van der Waals surface area contributed by atoms with E-state index in [1.807, 2.05) is 25.1 Å². The van der Waals surface area contributed by atoms with Gasteiger partial charge in [0.1, 0.15) is 0 Å². The molecule has 3 rings (SSSR count). The summed E-state index contributed by atoms with van der Waals surface area (Å²) in [6.07, 6.45) is 0. The molecule has 4 nitrogen and oxygen atoms in total. The Hall–Kier alpha value is -2.46. The number of halogens is 1. The van der Waals surface area contributed by atoms with Gasteiger partial charge in [0.15, 0.2) is 0 Å². The molecule has 0 unspecified atom stereocenters. The number of nitrogens with two attached hydrogens (primary N) is 1. The maximum atomic E-state index is 12.2. The highest BCUT2D eigenvalue weighted by Gasteiger charge is 2.26. The number of nitrogen functional groups attached to an aromatic ring is 1. The summed E-state index contributed by atoms with van der Waals surface area (Å²) < 4.78 is 0. The largest absolute Gasteiger partial charge is 0.399 e. The molecule has 106 valence electrons. The third kappa shape index (κ3) is 2.45. The van der Waals surface area contributed by atoms with Crippen LogP contribution in [0.25, 0.3) is 5.57 Å². The van der Waals surface area contributed by atoms with E-state index < -0.39 is 0 Å². The highest BCUT2D eigenvalue weighted by Crippen LogP contribution is 2.35. The van der Waals surface area contributed by atoms with E-state index in [1.54, 1.807) is 24.3 Å². The lowest BCUT2D eigenvalue weighted by Crippen LogP contribution is -2.09. The summed E-state index contributed by atoms with van der Waals surface area (Å²) >= 11 is 6.13. The number of benzene rings is 2. The summed E-state index contributed by atoms with van der Waals surface area (Å²) in [5, 5.41) is 6.62. The lowest BCUT2D eigenvalue weighted by Gasteiger charge is -2.11. The molecule has 1 amide bonds. The number of nitrogens with one attached hydrogen (secondary N) is 2. The van der Waals surface area contributed by atoms with E-state index in [0.29, 0.717) is 16.3 Å². The summed E-state index contributed by atoms with van der Waals surface area (Å²) in [4.78, 5) is 12.2. The van der Waals surface area contributed by atoms with E-state index in [2.05, 4.69) is 10.6 Å². The topological polar surface area (TPSA) is 67.2 Å². The van der Waals surface area contributed by atoms with Crippen molar-refractivity contribution in [2.24, 2.45) is 0 Å². The molecule has 0 atom stereocenters. The van der Waals surface area contributed by atoms with Crippen molar-refractivity contribution in [3.63, 3.8) is 0 Å². The van der Waals surface area contributed by atoms with Gasteiger partial charge in [-0.25, -0.2) is 0 Å². The Morgan fingerprint density at radius 3 is 2.76 bits per heavy atom. The number of hydrogen-bond donors (Lipinski definition) is 3. The van der Waals surface area contributed by atoms with E-state index >= 15 is 0 Å². The van der Waals surface area contributed by atoms with Gasteiger partial charge in [0.05, 0.1) is 16.3 Å². The number of fused-ring (bicyclic) bond motifs is 1. The molecule has 0 aliphatic carbocycles.